The molecule has 0 atom stereocenters. The summed E-state index contributed by atoms with van der Waals surface area (Å²) in [7, 11) is 0. The maximum absolute atomic E-state index is 12.6. The number of benzene rings is 1. The second kappa shape index (κ2) is 10.1. The zero-order valence-corrected chi connectivity index (χ0v) is 18.5. The first-order valence-electron chi connectivity index (χ1n) is 10.4. The minimum absolute atomic E-state index is 0.158. The van der Waals surface area contributed by atoms with Gasteiger partial charge in [0.1, 0.15) is 17.8 Å². The molecular formula is C22H25ClN6O3. The van der Waals surface area contributed by atoms with Gasteiger partial charge in [-0.25, -0.2) is 9.97 Å². The summed E-state index contributed by atoms with van der Waals surface area (Å²) in [4.78, 5) is 25.8. The normalized spacial score (nSPS) is 14.3. The van der Waals surface area contributed by atoms with Crippen LogP contribution < -0.4 is 10.6 Å². The molecule has 3 aromatic rings. The fourth-order valence-corrected chi connectivity index (χ4v) is 3.65. The number of imidazole rings is 1. The summed E-state index contributed by atoms with van der Waals surface area (Å²) >= 11 is 6.01. The maximum atomic E-state index is 12.6. The molecule has 1 fully saturated rings. The summed E-state index contributed by atoms with van der Waals surface area (Å²) in [6.45, 7) is 3.50. The lowest BCUT2D eigenvalue weighted by atomic mass is 10.1. The van der Waals surface area contributed by atoms with Crippen LogP contribution in [0.15, 0.2) is 36.9 Å². The Hall–Kier alpha value is -3.01. The Morgan fingerprint density at radius 1 is 1.31 bits per heavy atom. The Morgan fingerprint density at radius 3 is 2.91 bits per heavy atom. The van der Waals surface area contributed by atoms with Gasteiger partial charge in [0.2, 0.25) is 5.95 Å². The molecule has 4 rings (SSSR count). The van der Waals surface area contributed by atoms with Crippen LogP contribution in [0.2, 0.25) is 5.02 Å². The fourth-order valence-electron chi connectivity index (χ4n) is 3.48. The van der Waals surface area contributed by atoms with Crippen LogP contribution >= 0.6 is 11.6 Å². The van der Waals surface area contributed by atoms with Crippen LogP contribution in [0.1, 0.15) is 40.0 Å². The SMILES string of the molecule is Cc1cnc(NC2CCOCC2)nc1-n1cnc(C(=O)NCc2ccc(Cl)c(CO)c2)c1. The minimum atomic E-state index is -0.309. The number of ether oxygens (including phenoxy) is 1. The summed E-state index contributed by atoms with van der Waals surface area (Å²) in [5, 5.41) is 16.0. The molecule has 2 aromatic heterocycles. The van der Waals surface area contributed by atoms with Gasteiger partial charge in [-0.1, -0.05) is 23.7 Å². The highest BCUT2D eigenvalue weighted by Gasteiger charge is 2.16. The van der Waals surface area contributed by atoms with Crippen LogP contribution in [-0.2, 0) is 17.9 Å². The van der Waals surface area contributed by atoms with Gasteiger partial charge in [-0.3, -0.25) is 9.36 Å². The van der Waals surface area contributed by atoms with Gasteiger partial charge in [-0.15, -0.1) is 0 Å². The van der Waals surface area contributed by atoms with Crippen LogP contribution in [0.3, 0.4) is 0 Å². The quantitative estimate of drug-likeness (QED) is 0.500. The molecule has 10 heteroatoms. The van der Waals surface area contributed by atoms with Crippen LogP contribution in [0.25, 0.3) is 5.82 Å². The molecule has 1 aromatic carbocycles. The number of halogens is 1. The number of aromatic nitrogens is 4. The third kappa shape index (κ3) is 5.24. The number of aliphatic hydroxyl groups excluding tert-OH is 1. The van der Waals surface area contributed by atoms with Gasteiger partial charge in [0, 0.05) is 48.8 Å². The number of hydrogen-bond donors (Lipinski definition) is 3. The molecule has 1 saturated heterocycles. The second-order valence-corrected chi connectivity index (χ2v) is 8.07. The van der Waals surface area contributed by atoms with Crippen molar-refractivity contribution >= 4 is 23.5 Å². The van der Waals surface area contributed by atoms with Gasteiger partial charge in [0.25, 0.3) is 5.91 Å². The summed E-state index contributed by atoms with van der Waals surface area (Å²) in [5.41, 5.74) is 2.59. The molecule has 0 spiro atoms. The predicted molar refractivity (Wildman–Crippen MR) is 120 cm³/mol. The van der Waals surface area contributed by atoms with Gasteiger partial charge in [0.05, 0.1) is 6.61 Å². The van der Waals surface area contributed by atoms with Crippen LogP contribution in [0, 0.1) is 6.92 Å². The fraction of sp³-hybridized carbons (Fsp3) is 0.364. The lowest BCUT2D eigenvalue weighted by molar-refractivity contribution is 0.0903. The molecule has 1 aliphatic rings. The van der Waals surface area contributed by atoms with Crippen LogP contribution in [0.5, 0.6) is 0 Å². The molecule has 0 saturated carbocycles. The van der Waals surface area contributed by atoms with Crippen molar-refractivity contribution in [2.75, 3.05) is 18.5 Å². The lowest BCUT2D eigenvalue weighted by Crippen LogP contribution is -2.28. The number of rotatable bonds is 7. The first kappa shape index (κ1) is 22.2. The van der Waals surface area contributed by atoms with Crippen molar-refractivity contribution in [1.82, 2.24) is 24.8 Å². The number of hydrogen-bond acceptors (Lipinski definition) is 7. The van der Waals surface area contributed by atoms with Crippen LogP contribution in [0.4, 0.5) is 5.95 Å². The van der Waals surface area contributed by atoms with Gasteiger partial charge >= 0.3 is 0 Å². The number of aliphatic hydroxyl groups is 1. The van der Waals surface area contributed by atoms with E-state index in [4.69, 9.17) is 16.3 Å². The lowest BCUT2D eigenvalue weighted by Gasteiger charge is -2.23. The van der Waals surface area contributed by atoms with E-state index in [0.717, 1.165) is 37.2 Å². The smallest absolute Gasteiger partial charge is 0.271 e. The Balaban J connectivity index is 1.43. The van der Waals surface area contributed by atoms with E-state index in [2.05, 4.69) is 25.6 Å². The predicted octanol–water partition coefficient (Wildman–Crippen LogP) is 2.64. The molecule has 32 heavy (non-hydrogen) atoms. The zero-order chi connectivity index (χ0) is 22.5. The van der Waals surface area contributed by atoms with E-state index < -0.39 is 0 Å². The van der Waals surface area contributed by atoms with Crippen molar-refractivity contribution in [3.05, 3.63) is 64.3 Å². The molecule has 9 nitrogen and oxygen atoms in total. The van der Waals surface area contributed by atoms with E-state index >= 15 is 0 Å². The van der Waals surface area contributed by atoms with Crippen molar-refractivity contribution in [1.29, 1.82) is 0 Å². The Labute approximate surface area is 190 Å². The second-order valence-electron chi connectivity index (χ2n) is 7.66. The number of anilines is 1. The molecule has 0 radical (unpaired) electrons. The van der Waals surface area contributed by atoms with Gasteiger partial charge in [0.15, 0.2) is 0 Å². The first-order chi connectivity index (χ1) is 15.5. The zero-order valence-electron chi connectivity index (χ0n) is 17.7. The molecule has 0 unspecified atom stereocenters. The number of carbonyl (C=O) groups excluding carboxylic acids is 1. The number of aryl methyl sites for hydroxylation is 1. The molecule has 0 bridgehead atoms. The molecule has 168 valence electrons. The van der Waals surface area contributed by atoms with Crippen molar-refractivity contribution in [2.24, 2.45) is 0 Å². The highest BCUT2D eigenvalue weighted by atomic mass is 35.5. The third-order valence-corrected chi connectivity index (χ3v) is 5.66. The Bertz CT molecular complexity index is 1100. The largest absolute Gasteiger partial charge is 0.392 e. The summed E-state index contributed by atoms with van der Waals surface area (Å²) in [5.74, 6) is 0.891. The highest BCUT2D eigenvalue weighted by molar-refractivity contribution is 6.31. The summed E-state index contributed by atoms with van der Waals surface area (Å²) in [6.07, 6.45) is 6.78. The molecule has 1 amide bonds. The van der Waals surface area contributed by atoms with E-state index in [1.165, 1.54) is 0 Å². The van der Waals surface area contributed by atoms with Gasteiger partial charge < -0.3 is 20.5 Å². The van der Waals surface area contributed by atoms with Crippen LogP contribution in [-0.4, -0.2) is 49.8 Å². The Kier molecular flexibility index (Phi) is 6.99. The van der Waals surface area contributed by atoms with Crippen molar-refractivity contribution in [2.45, 2.75) is 39.0 Å². The third-order valence-electron chi connectivity index (χ3n) is 5.29. The molecular weight excluding hydrogens is 432 g/mol. The standard InChI is InChI=1S/C22H25ClN6O3/c1-14-9-25-22(27-17-4-6-32-7-5-17)28-20(14)29-11-19(26-13-29)21(31)24-10-15-2-3-18(23)16(8-15)12-30/h2-3,8-9,11,13,17,30H,4-7,10,12H2,1H3,(H,24,31)(H,25,27,28). The number of nitrogens with one attached hydrogen (secondary N) is 2. The van der Waals surface area contributed by atoms with Crippen molar-refractivity contribution in [3.8, 4) is 5.82 Å². The number of carbonyl (C=O) groups is 1. The van der Waals surface area contributed by atoms with E-state index in [0.29, 0.717) is 28.9 Å². The Morgan fingerprint density at radius 2 is 2.12 bits per heavy atom. The highest BCUT2D eigenvalue weighted by Crippen LogP contribution is 2.18. The van der Waals surface area contributed by atoms with Gasteiger partial charge in [-0.05, 0) is 37.0 Å². The average Bonchev–Trinajstić information content (AvgIpc) is 3.30. The first-order valence-corrected chi connectivity index (χ1v) is 10.8. The maximum Gasteiger partial charge on any atom is 0.271 e. The van der Waals surface area contributed by atoms with Gasteiger partial charge in [-0.2, -0.15) is 4.98 Å². The van der Waals surface area contributed by atoms with E-state index in [1.807, 2.05) is 6.92 Å². The number of amides is 1. The minimum Gasteiger partial charge on any atom is -0.392 e. The number of nitrogens with zero attached hydrogens (tertiary/aromatic N) is 4. The summed E-state index contributed by atoms with van der Waals surface area (Å²) < 4.78 is 7.11. The van der Waals surface area contributed by atoms with Crippen molar-refractivity contribution in [3.63, 3.8) is 0 Å². The monoisotopic (exact) mass is 456 g/mol. The average molecular weight is 457 g/mol. The van der Waals surface area contributed by atoms with E-state index in [-0.39, 0.29) is 24.2 Å². The van der Waals surface area contributed by atoms with E-state index in [9.17, 15) is 9.90 Å². The van der Waals surface area contributed by atoms with Crippen molar-refractivity contribution < 1.29 is 14.6 Å². The summed E-state index contributed by atoms with van der Waals surface area (Å²) in [6, 6.07) is 5.55. The topological polar surface area (TPSA) is 114 Å². The molecule has 3 N–H and O–H groups in total. The molecule has 0 aliphatic carbocycles. The molecule has 3 heterocycles. The van der Waals surface area contributed by atoms with E-state index in [1.54, 1.807) is 41.5 Å². The molecule has 1 aliphatic heterocycles.